The zero-order valence-corrected chi connectivity index (χ0v) is 22.9. The Balaban J connectivity index is 1.29. The van der Waals surface area contributed by atoms with Gasteiger partial charge in [0, 0.05) is 48.0 Å². The van der Waals surface area contributed by atoms with Crippen LogP contribution in [0.2, 0.25) is 20.1 Å². The molecule has 6 nitrogen and oxygen atoms in total. The molecule has 0 radical (unpaired) electrons. The molecule has 0 bridgehead atoms. The fraction of sp³-hybridized carbons (Fsp3) is 0.385. The lowest BCUT2D eigenvalue weighted by atomic mass is 10.2. The van der Waals surface area contributed by atoms with Crippen molar-refractivity contribution in [2.24, 2.45) is 0 Å². The highest BCUT2D eigenvalue weighted by Crippen LogP contribution is 2.24. The summed E-state index contributed by atoms with van der Waals surface area (Å²) in [7, 11) is 0. The molecule has 0 aliphatic carbocycles. The van der Waals surface area contributed by atoms with Gasteiger partial charge in [-0.2, -0.15) is 0 Å². The van der Waals surface area contributed by atoms with Crippen molar-refractivity contribution in [1.82, 2.24) is 15.1 Å². The maximum atomic E-state index is 12.7. The molecule has 10 heteroatoms. The van der Waals surface area contributed by atoms with E-state index in [0.29, 0.717) is 45.4 Å². The maximum Gasteiger partial charge on any atom is 0.321 e. The minimum absolute atomic E-state index is 0.132. The van der Waals surface area contributed by atoms with Gasteiger partial charge in [0.05, 0.1) is 10.0 Å². The first-order valence-corrected chi connectivity index (χ1v) is 13.5. The molecule has 1 fully saturated rings. The molecule has 0 spiro atoms. The van der Waals surface area contributed by atoms with E-state index in [1.54, 1.807) is 36.4 Å². The third-order valence-electron chi connectivity index (χ3n) is 5.81. The molecule has 0 saturated carbocycles. The van der Waals surface area contributed by atoms with Crippen LogP contribution in [0.25, 0.3) is 6.08 Å². The van der Waals surface area contributed by atoms with Crippen molar-refractivity contribution in [2.75, 3.05) is 44.6 Å². The van der Waals surface area contributed by atoms with Gasteiger partial charge in [0.2, 0.25) is 5.91 Å². The Labute approximate surface area is 232 Å². The Bertz CT molecular complexity index is 1060. The summed E-state index contributed by atoms with van der Waals surface area (Å²) in [4.78, 5) is 28.9. The van der Waals surface area contributed by atoms with Gasteiger partial charge in [-0.3, -0.25) is 4.79 Å². The molecule has 2 N–H and O–H groups in total. The Kier molecular flexibility index (Phi) is 11.7. The second-order valence-electron chi connectivity index (χ2n) is 8.63. The Hall–Kier alpha value is -1.96. The molecular formula is C26H30Cl4N4O2. The molecule has 194 valence electrons. The first kappa shape index (κ1) is 28.6. The molecule has 2 aromatic carbocycles. The molecular weight excluding hydrogens is 542 g/mol. The first-order chi connectivity index (χ1) is 17.3. The number of hydrogen-bond acceptors (Lipinski definition) is 3. The zero-order chi connectivity index (χ0) is 25.9. The molecule has 0 atom stereocenters. The molecule has 0 aromatic heterocycles. The SMILES string of the molecule is O=C(/C=C/c1ccc(Cl)c(Cl)c1)NCCCCCN1CCCN(C(=O)Nc2cc(Cl)cc(Cl)c2)CC1. The van der Waals surface area contributed by atoms with Crippen molar-refractivity contribution in [3.8, 4) is 0 Å². The number of carbonyl (C=O) groups is 2. The molecule has 0 unspecified atom stereocenters. The number of urea groups is 1. The van der Waals surface area contributed by atoms with Crippen LogP contribution < -0.4 is 10.6 Å². The standard InChI is InChI=1S/C26H30Cl4N4O2/c27-20-16-21(28)18-22(17-20)32-26(36)34-12-4-11-33(13-14-34)10-3-1-2-9-31-25(35)8-6-19-5-7-23(29)24(30)15-19/h5-8,15-18H,1-4,9-14H2,(H,31,35)(H,32,36)/b8-6+. The van der Waals surface area contributed by atoms with E-state index in [1.807, 2.05) is 11.0 Å². The topological polar surface area (TPSA) is 64.7 Å². The van der Waals surface area contributed by atoms with E-state index in [1.165, 1.54) is 6.08 Å². The van der Waals surface area contributed by atoms with Crippen LogP contribution in [0, 0.1) is 0 Å². The molecule has 1 aliphatic heterocycles. The molecule has 1 aliphatic rings. The summed E-state index contributed by atoms with van der Waals surface area (Å²) in [5, 5.41) is 7.71. The van der Waals surface area contributed by atoms with Gasteiger partial charge in [-0.05, 0) is 74.3 Å². The van der Waals surface area contributed by atoms with Crippen molar-refractivity contribution in [1.29, 1.82) is 0 Å². The minimum atomic E-state index is -0.140. The number of benzene rings is 2. The minimum Gasteiger partial charge on any atom is -0.353 e. The molecule has 1 saturated heterocycles. The lowest BCUT2D eigenvalue weighted by Gasteiger charge is -2.22. The normalized spacial score (nSPS) is 14.6. The fourth-order valence-electron chi connectivity index (χ4n) is 3.92. The van der Waals surface area contributed by atoms with E-state index < -0.39 is 0 Å². The highest BCUT2D eigenvalue weighted by molar-refractivity contribution is 6.42. The van der Waals surface area contributed by atoms with Crippen LogP contribution in [-0.2, 0) is 4.79 Å². The van der Waals surface area contributed by atoms with Gasteiger partial charge in [-0.25, -0.2) is 4.79 Å². The molecule has 2 aromatic rings. The average molecular weight is 572 g/mol. The summed E-state index contributed by atoms with van der Waals surface area (Å²) >= 11 is 23.9. The lowest BCUT2D eigenvalue weighted by Crippen LogP contribution is -2.38. The average Bonchev–Trinajstić information content (AvgIpc) is 3.07. The van der Waals surface area contributed by atoms with Gasteiger partial charge < -0.3 is 20.4 Å². The Morgan fingerprint density at radius 3 is 2.39 bits per heavy atom. The van der Waals surface area contributed by atoms with Crippen molar-refractivity contribution >= 4 is 70.1 Å². The first-order valence-electron chi connectivity index (χ1n) is 12.0. The smallest absolute Gasteiger partial charge is 0.321 e. The van der Waals surface area contributed by atoms with Crippen molar-refractivity contribution in [3.63, 3.8) is 0 Å². The predicted molar refractivity (Wildman–Crippen MR) is 150 cm³/mol. The molecule has 3 amide bonds. The summed E-state index contributed by atoms with van der Waals surface area (Å²) in [5.41, 5.74) is 1.41. The van der Waals surface area contributed by atoms with Crippen LogP contribution >= 0.6 is 46.4 Å². The van der Waals surface area contributed by atoms with Gasteiger partial charge in [-0.1, -0.05) is 58.9 Å². The third-order valence-corrected chi connectivity index (χ3v) is 6.99. The number of anilines is 1. The van der Waals surface area contributed by atoms with E-state index >= 15 is 0 Å². The van der Waals surface area contributed by atoms with E-state index in [0.717, 1.165) is 50.9 Å². The second kappa shape index (κ2) is 14.7. The fourth-order valence-corrected chi connectivity index (χ4v) is 4.75. The number of halogens is 4. The van der Waals surface area contributed by atoms with Crippen LogP contribution in [0.5, 0.6) is 0 Å². The van der Waals surface area contributed by atoms with E-state index in [-0.39, 0.29) is 11.9 Å². The third kappa shape index (κ3) is 9.83. The van der Waals surface area contributed by atoms with Crippen molar-refractivity contribution in [2.45, 2.75) is 25.7 Å². The maximum absolute atomic E-state index is 12.7. The van der Waals surface area contributed by atoms with E-state index in [4.69, 9.17) is 46.4 Å². The van der Waals surface area contributed by atoms with Gasteiger partial charge in [0.25, 0.3) is 0 Å². The van der Waals surface area contributed by atoms with Crippen LogP contribution in [0.4, 0.5) is 10.5 Å². The molecule has 3 rings (SSSR count). The number of unbranched alkanes of at least 4 members (excludes halogenated alkanes) is 2. The van der Waals surface area contributed by atoms with Gasteiger partial charge >= 0.3 is 6.03 Å². The monoisotopic (exact) mass is 570 g/mol. The van der Waals surface area contributed by atoms with E-state index in [9.17, 15) is 9.59 Å². The summed E-state index contributed by atoms with van der Waals surface area (Å²) < 4.78 is 0. The quantitative estimate of drug-likeness (QED) is 0.256. The van der Waals surface area contributed by atoms with E-state index in [2.05, 4.69) is 15.5 Å². The zero-order valence-electron chi connectivity index (χ0n) is 19.9. The molecule has 36 heavy (non-hydrogen) atoms. The summed E-state index contributed by atoms with van der Waals surface area (Å²) in [5.74, 6) is -0.132. The summed E-state index contributed by atoms with van der Waals surface area (Å²) in [6.07, 6.45) is 7.11. The van der Waals surface area contributed by atoms with Crippen LogP contribution in [-0.4, -0.2) is 61.0 Å². The molecule has 1 heterocycles. The number of nitrogens with one attached hydrogen (secondary N) is 2. The largest absolute Gasteiger partial charge is 0.353 e. The van der Waals surface area contributed by atoms with Gasteiger partial charge in [-0.15, -0.1) is 0 Å². The number of rotatable bonds is 9. The number of carbonyl (C=O) groups excluding carboxylic acids is 2. The number of nitrogens with zero attached hydrogens (tertiary/aromatic N) is 2. The van der Waals surface area contributed by atoms with Crippen LogP contribution in [0.15, 0.2) is 42.5 Å². The van der Waals surface area contributed by atoms with Crippen molar-refractivity contribution < 1.29 is 9.59 Å². The van der Waals surface area contributed by atoms with Gasteiger partial charge in [0.15, 0.2) is 0 Å². The highest BCUT2D eigenvalue weighted by atomic mass is 35.5. The van der Waals surface area contributed by atoms with Crippen LogP contribution in [0.1, 0.15) is 31.2 Å². The van der Waals surface area contributed by atoms with Crippen LogP contribution in [0.3, 0.4) is 0 Å². The highest BCUT2D eigenvalue weighted by Gasteiger charge is 2.19. The lowest BCUT2D eigenvalue weighted by molar-refractivity contribution is -0.116. The second-order valence-corrected chi connectivity index (χ2v) is 10.3. The summed E-state index contributed by atoms with van der Waals surface area (Å²) in [6.45, 7) is 4.78. The van der Waals surface area contributed by atoms with Crippen molar-refractivity contribution in [3.05, 3.63) is 68.1 Å². The number of hydrogen-bond donors (Lipinski definition) is 2. The number of amides is 3. The Morgan fingerprint density at radius 1 is 0.861 bits per heavy atom. The Morgan fingerprint density at radius 2 is 1.64 bits per heavy atom. The summed E-state index contributed by atoms with van der Waals surface area (Å²) in [6, 6.07) is 10.1. The van der Waals surface area contributed by atoms with Gasteiger partial charge in [0.1, 0.15) is 0 Å². The predicted octanol–water partition coefficient (Wildman–Crippen LogP) is 6.84.